The lowest BCUT2D eigenvalue weighted by Crippen LogP contribution is -2.68. The molecule has 0 radical (unpaired) electrons. The summed E-state index contributed by atoms with van der Waals surface area (Å²) in [5.74, 6) is 0.211. The van der Waals surface area contributed by atoms with Gasteiger partial charge in [-0.15, -0.1) is 0 Å². The molecular weight excluding hydrogens is 665 g/mol. The maximum absolute atomic E-state index is 14.9. The molecule has 4 saturated carbocycles. The second-order valence-electron chi connectivity index (χ2n) is 20.6. The SMILES string of the molecule is CN(CC(=O)N[C@H]1CC[C@]2(C)[C@H]3C(=O)C=C4[C@@H]5C[C@@](C)(C(=O)OCc6ccccc6)CC[C@]5(C)CC[C@@]4(C)[C@]3(C)CC[C@H]2C1(C)C)C(=O)OC(C)(C)C. The fraction of sp³-hybridized carbons (Fsp3) is 0.733. The van der Waals surface area contributed by atoms with E-state index in [4.69, 9.17) is 9.47 Å². The summed E-state index contributed by atoms with van der Waals surface area (Å²) in [5, 5.41) is 3.30. The topological polar surface area (TPSA) is 102 Å². The highest BCUT2D eigenvalue weighted by Gasteiger charge is 2.70. The summed E-state index contributed by atoms with van der Waals surface area (Å²) in [4.78, 5) is 55.9. The minimum atomic E-state index is -0.637. The number of amides is 2. The van der Waals surface area contributed by atoms with E-state index in [1.165, 1.54) is 10.5 Å². The van der Waals surface area contributed by atoms with Crippen LogP contribution in [0, 0.1) is 50.2 Å². The fourth-order valence-corrected chi connectivity index (χ4v) is 12.4. The monoisotopic (exact) mass is 730 g/mol. The van der Waals surface area contributed by atoms with Crippen LogP contribution in [0.3, 0.4) is 0 Å². The molecule has 0 bridgehead atoms. The van der Waals surface area contributed by atoms with E-state index >= 15 is 0 Å². The number of nitrogens with zero attached hydrogens (tertiary/aromatic N) is 1. The smallest absolute Gasteiger partial charge is 0.410 e. The number of carbonyl (C=O) groups excluding carboxylic acids is 4. The third-order valence-electron chi connectivity index (χ3n) is 15.7. The fourth-order valence-electron chi connectivity index (χ4n) is 12.4. The molecule has 2 amide bonds. The minimum Gasteiger partial charge on any atom is -0.460 e. The van der Waals surface area contributed by atoms with E-state index in [-0.39, 0.29) is 81.7 Å². The van der Waals surface area contributed by atoms with E-state index in [1.54, 1.807) is 7.05 Å². The Morgan fingerprint density at radius 3 is 2.21 bits per heavy atom. The van der Waals surface area contributed by atoms with Crippen molar-refractivity contribution < 1.29 is 28.7 Å². The van der Waals surface area contributed by atoms with E-state index in [9.17, 15) is 19.2 Å². The zero-order valence-electron chi connectivity index (χ0n) is 34.4. The summed E-state index contributed by atoms with van der Waals surface area (Å²) >= 11 is 0. The van der Waals surface area contributed by atoms with Gasteiger partial charge in [0.05, 0.1) is 5.41 Å². The van der Waals surface area contributed by atoms with Gasteiger partial charge in [0, 0.05) is 19.0 Å². The quantitative estimate of drug-likeness (QED) is 0.293. The van der Waals surface area contributed by atoms with Gasteiger partial charge in [-0.05, 0) is 136 Å². The molecule has 6 rings (SSSR count). The maximum Gasteiger partial charge on any atom is 0.410 e. The van der Waals surface area contributed by atoms with Crippen molar-refractivity contribution in [3.63, 3.8) is 0 Å². The molecule has 292 valence electrons. The van der Waals surface area contributed by atoms with Crippen molar-refractivity contribution in [1.82, 2.24) is 10.2 Å². The lowest BCUT2D eigenvalue weighted by Gasteiger charge is -2.70. The normalized spacial score (nSPS) is 38.8. The van der Waals surface area contributed by atoms with Crippen molar-refractivity contribution >= 4 is 23.8 Å². The minimum absolute atomic E-state index is 0.0466. The van der Waals surface area contributed by atoms with Crippen LogP contribution < -0.4 is 5.32 Å². The summed E-state index contributed by atoms with van der Waals surface area (Å²) in [6.45, 7) is 21.9. The molecule has 8 nitrogen and oxygen atoms in total. The van der Waals surface area contributed by atoms with E-state index in [2.05, 4.69) is 59.9 Å². The molecule has 8 heteroatoms. The Labute approximate surface area is 318 Å². The second-order valence-corrected chi connectivity index (χ2v) is 20.6. The number of rotatable bonds is 6. The van der Waals surface area contributed by atoms with Gasteiger partial charge in [-0.25, -0.2) is 4.79 Å². The average molecular weight is 731 g/mol. The molecule has 0 aromatic heterocycles. The molecular formula is C45H66N2O6. The maximum atomic E-state index is 14.9. The predicted octanol–water partition coefficient (Wildman–Crippen LogP) is 9.06. The number of esters is 1. The summed E-state index contributed by atoms with van der Waals surface area (Å²) in [7, 11) is 1.59. The van der Waals surface area contributed by atoms with Gasteiger partial charge in [-0.3, -0.25) is 14.4 Å². The van der Waals surface area contributed by atoms with Gasteiger partial charge in [0.1, 0.15) is 18.8 Å². The number of carbonyl (C=O) groups is 4. The average Bonchev–Trinajstić information content (AvgIpc) is 3.06. The standard InChI is InChI=1S/C45H66N2O6/c1-39(2,3)53-38(51)47(11)27-35(49)46-34-18-19-43(8)33(40(34,4)5)17-20-45(10)36(43)32(48)25-30-31-26-42(7,22-21-41(31,6)23-24-44(30,45)9)37(50)52-28-29-15-13-12-14-16-29/h12-16,25,31,33-34,36H,17-24,26-28H2,1-11H3,(H,46,49)/t31-,33-,34-,36+,41+,42-,43-,44+,45+/m0/s1. The van der Waals surface area contributed by atoms with Crippen LogP contribution in [0.4, 0.5) is 4.79 Å². The van der Waals surface area contributed by atoms with Gasteiger partial charge >= 0.3 is 12.1 Å². The van der Waals surface area contributed by atoms with E-state index in [1.807, 2.05) is 51.1 Å². The summed E-state index contributed by atoms with van der Waals surface area (Å²) in [5.41, 5.74) is 0.232. The summed E-state index contributed by atoms with van der Waals surface area (Å²) < 4.78 is 11.4. The number of likely N-dealkylation sites (N-methyl/N-ethyl adjacent to an activating group) is 1. The summed E-state index contributed by atoms with van der Waals surface area (Å²) in [6.07, 6.45) is 9.72. The Bertz CT molecular complexity index is 1660. The van der Waals surface area contributed by atoms with Gasteiger partial charge in [0.2, 0.25) is 5.91 Å². The Morgan fingerprint density at radius 1 is 0.887 bits per heavy atom. The first-order valence-corrected chi connectivity index (χ1v) is 20.2. The molecule has 0 spiro atoms. The van der Waals surface area contributed by atoms with Crippen LogP contribution in [0.25, 0.3) is 0 Å². The van der Waals surface area contributed by atoms with Gasteiger partial charge < -0.3 is 19.7 Å². The van der Waals surface area contributed by atoms with Crippen LogP contribution in [0.1, 0.15) is 133 Å². The van der Waals surface area contributed by atoms with Crippen LogP contribution in [-0.4, -0.2) is 53.9 Å². The molecule has 0 saturated heterocycles. The van der Waals surface area contributed by atoms with Gasteiger partial charge in [0.25, 0.3) is 0 Å². The molecule has 5 aliphatic carbocycles. The molecule has 1 aromatic carbocycles. The molecule has 0 unspecified atom stereocenters. The third-order valence-corrected chi connectivity index (χ3v) is 15.7. The molecule has 9 atom stereocenters. The van der Waals surface area contributed by atoms with Crippen molar-refractivity contribution in [1.29, 1.82) is 0 Å². The first-order chi connectivity index (χ1) is 24.5. The van der Waals surface area contributed by atoms with Crippen molar-refractivity contribution in [2.24, 2.45) is 50.2 Å². The number of hydrogen-bond acceptors (Lipinski definition) is 6. The first kappa shape index (κ1) is 39.5. The van der Waals surface area contributed by atoms with E-state index < -0.39 is 17.1 Å². The Morgan fingerprint density at radius 2 is 1.55 bits per heavy atom. The number of hydrogen-bond donors (Lipinski definition) is 1. The van der Waals surface area contributed by atoms with Gasteiger partial charge in [-0.1, -0.05) is 77.4 Å². The zero-order valence-corrected chi connectivity index (χ0v) is 34.4. The van der Waals surface area contributed by atoms with Crippen molar-refractivity contribution in [3.8, 4) is 0 Å². The highest BCUT2D eigenvalue weighted by Crippen LogP contribution is 2.75. The number of ether oxygens (including phenoxy) is 2. The third kappa shape index (κ3) is 6.66. The number of nitrogens with one attached hydrogen (secondary N) is 1. The van der Waals surface area contributed by atoms with Crippen LogP contribution >= 0.6 is 0 Å². The van der Waals surface area contributed by atoms with Crippen LogP contribution in [0.2, 0.25) is 0 Å². The summed E-state index contributed by atoms with van der Waals surface area (Å²) in [6, 6.07) is 9.81. The molecule has 53 heavy (non-hydrogen) atoms. The molecule has 0 heterocycles. The largest absolute Gasteiger partial charge is 0.460 e. The van der Waals surface area contributed by atoms with Crippen LogP contribution in [0.15, 0.2) is 42.0 Å². The van der Waals surface area contributed by atoms with Gasteiger partial charge in [-0.2, -0.15) is 0 Å². The highest BCUT2D eigenvalue weighted by atomic mass is 16.6. The molecule has 4 fully saturated rings. The lowest BCUT2D eigenvalue weighted by molar-refractivity contribution is -0.190. The number of allylic oxidation sites excluding steroid dienone is 2. The molecule has 0 aliphatic heterocycles. The van der Waals surface area contributed by atoms with Crippen molar-refractivity contribution in [3.05, 3.63) is 47.5 Å². The molecule has 1 aromatic rings. The Hall–Kier alpha value is -3.16. The lowest BCUT2D eigenvalue weighted by atomic mass is 9.33. The molecule has 5 aliphatic rings. The molecule has 1 N–H and O–H groups in total. The highest BCUT2D eigenvalue weighted by molar-refractivity contribution is 5.96. The van der Waals surface area contributed by atoms with Crippen molar-refractivity contribution in [2.75, 3.05) is 13.6 Å². The van der Waals surface area contributed by atoms with Gasteiger partial charge in [0.15, 0.2) is 5.78 Å². The predicted molar refractivity (Wildman–Crippen MR) is 206 cm³/mol. The van der Waals surface area contributed by atoms with Crippen molar-refractivity contribution in [2.45, 2.75) is 145 Å². The van der Waals surface area contributed by atoms with Crippen LogP contribution in [0.5, 0.6) is 0 Å². The van der Waals surface area contributed by atoms with E-state index in [0.29, 0.717) is 6.42 Å². The first-order valence-electron chi connectivity index (χ1n) is 20.2. The number of benzene rings is 1. The second kappa shape index (κ2) is 13.3. The number of ketones is 1. The number of fused-ring (bicyclic) bond motifs is 7. The van der Waals surface area contributed by atoms with Crippen LogP contribution in [-0.2, 0) is 30.5 Å². The zero-order chi connectivity index (χ0) is 39.0. The Kier molecular flexibility index (Phi) is 9.88. The Balaban J connectivity index is 1.22. The van der Waals surface area contributed by atoms with E-state index in [0.717, 1.165) is 56.9 Å².